The lowest BCUT2D eigenvalue weighted by Crippen LogP contribution is -2.59. The van der Waals surface area contributed by atoms with Crippen LogP contribution in [0.2, 0.25) is 0 Å². The second-order valence-corrected chi connectivity index (χ2v) is 7.90. The van der Waals surface area contributed by atoms with Crippen LogP contribution in [0.3, 0.4) is 0 Å². The number of hydrogen-bond acceptors (Lipinski definition) is 3. The first-order valence-electron chi connectivity index (χ1n) is 8.43. The van der Waals surface area contributed by atoms with E-state index in [0.29, 0.717) is 11.8 Å². The maximum Gasteiger partial charge on any atom is 0.228 e. The minimum absolute atomic E-state index is 0.214. The Labute approximate surface area is 130 Å². The van der Waals surface area contributed by atoms with E-state index in [1.54, 1.807) is 0 Å². The highest BCUT2D eigenvalue weighted by atomic mass is 16.2. The molecule has 0 aromatic heterocycles. The predicted octanol–water partition coefficient (Wildman–Crippen LogP) is 1.95. The Bertz CT molecular complexity index is 368. The second-order valence-electron chi connectivity index (χ2n) is 7.90. The summed E-state index contributed by atoms with van der Waals surface area (Å²) in [7, 11) is 6.28. The first-order valence-corrected chi connectivity index (χ1v) is 8.43. The van der Waals surface area contributed by atoms with Gasteiger partial charge >= 0.3 is 0 Å². The molecule has 4 heteroatoms. The monoisotopic (exact) mass is 295 g/mol. The van der Waals surface area contributed by atoms with Crippen LogP contribution in [0.4, 0.5) is 0 Å². The summed E-state index contributed by atoms with van der Waals surface area (Å²) < 4.78 is 0. The molecule has 21 heavy (non-hydrogen) atoms. The molecule has 1 atom stereocenters. The quantitative estimate of drug-likeness (QED) is 0.842. The molecule has 122 valence electrons. The van der Waals surface area contributed by atoms with Gasteiger partial charge in [0.15, 0.2) is 0 Å². The summed E-state index contributed by atoms with van der Waals surface area (Å²) in [5.74, 6) is 0.766. The molecule has 4 nitrogen and oxygen atoms in total. The van der Waals surface area contributed by atoms with E-state index < -0.39 is 0 Å². The van der Waals surface area contributed by atoms with Gasteiger partial charge in [0.05, 0.1) is 0 Å². The number of likely N-dealkylation sites (N-methyl/N-ethyl adjacent to an activating group) is 2. The average molecular weight is 295 g/mol. The number of carbonyl (C=O) groups excluding carboxylic acids is 1. The van der Waals surface area contributed by atoms with Crippen LogP contribution in [0.1, 0.15) is 46.0 Å². The van der Waals surface area contributed by atoms with Crippen LogP contribution in [0, 0.1) is 11.3 Å². The second kappa shape index (κ2) is 6.25. The van der Waals surface area contributed by atoms with Crippen molar-refractivity contribution < 1.29 is 4.79 Å². The third kappa shape index (κ3) is 3.26. The van der Waals surface area contributed by atoms with Gasteiger partial charge in [-0.3, -0.25) is 4.79 Å². The molecule has 0 spiro atoms. The molecule has 0 radical (unpaired) electrons. The molecular formula is C17H33N3O. The standard InChI is InChI=1S/C17H33N3O/c1-16(2,14-8-6-11-18-12-14)15(21)20(5)13-17(19(3)4)9-7-10-17/h14,18H,6-13H2,1-5H3. The minimum atomic E-state index is -0.264. The fourth-order valence-electron chi connectivity index (χ4n) is 3.98. The van der Waals surface area contributed by atoms with Crippen molar-refractivity contribution in [3.63, 3.8) is 0 Å². The normalized spacial score (nSPS) is 25.5. The van der Waals surface area contributed by atoms with Crippen molar-refractivity contribution in [1.82, 2.24) is 15.1 Å². The zero-order valence-corrected chi connectivity index (χ0v) is 14.5. The highest BCUT2D eigenvalue weighted by Crippen LogP contribution is 2.38. The summed E-state index contributed by atoms with van der Waals surface area (Å²) in [6, 6.07) is 0. The molecule has 2 fully saturated rings. The van der Waals surface area contributed by atoms with E-state index in [9.17, 15) is 4.79 Å². The van der Waals surface area contributed by atoms with Gasteiger partial charge in [-0.1, -0.05) is 13.8 Å². The van der Waals surface area contributed by atoms with Crippen molar-refractivity contribution >= 4 is 5.91 Å². The predicted molar refractivity (Wildman–Crippen MR) is 87.3 cm³/mol. The summed E-state index contributed by atoms with van der Waals surface area (Å²) in [4.78, 5) is 17.3. The van der Waals surface area contributed by atoms with Gasteiger partial charge in [0, 0.05) is 24.5 Å². The summed E-state index contributed by atoms with van der Waals surface area (Å²) in [6.07, 6.45) is 6.06. The Morgan fingerprint density at radius 2 is 1.90 bits per heavy atom. The van der Waals surface area contributed by atoms with Crippen molar-refractivity contribution in [2.24, 2.45) is 11.3 Å². The number of nitrogens with zero attached hydrogens (tertiary/aromatic N) is 2. The summed E-state index contributed by atoms with van der Waals surface area (Å²) in [5, 5.41) is 3.44. The number of amides is 1. The van der Waals surface area contributed by atoms with Gasteiger partial charge in [0.25, 0.3) is 0 Å². The first-order chi connectivity index (χ1) is 9.79. The van der Waals surface area contributed by atoms with Crippen molar-refractivity contribution in [2.75, 3.05) is 40.8 Å². The lowest BCUT2D eigenvalue weighted by Gasteiger charge is -2.50. The molecule has 0 aromatic rings. The number of nitrogens with one attached hydrogen (secondary N) is 1. The molecule has 1 N–H and O–H groups in total. The first kappa shape index (κ1) is 16.8. The van der Waals surface area contributed by atoms with Crippen molar-refractivity contribution in [2.45, 2.75) is 51.5 Å². The number of piperidine rings is 1. The van der Waals surface area contributed by atoms with E-state index in [1.165, 1.54) is 32.1 Å². The number of hydrogen-bond donors (Lipinski definition) is 1. The molecule has 2 aliphatic rings. The van der Waals surface area contributed by atoms with Crippen LogP contribution in [0.25, 0.3) is 0 Å². The van der Waals surface area contributed by atoms with E-state index in [1.807, 2.05) is 11.9 Å². The van der Waals surface area contributed by atoms with Crippen molar-refractivity contribution in [3.05, 3.63) is 0 Å². The minimum Gasteiger partial charge on any atom is -0.343 e. The van der Waals surface area contributed by atoms with Crippen LogP contribution >= 0.6 is 0 Å². The van der Waals surface area contributed by atoms with Gasteiger partial charge in [0.1, 0.15) is 0 Å². The number of carbonyl (C=O) groups is 1. The molecule has 1 aliphatic heterocycles. The number of rotatable bonds is 5. The van der Waals surface area contributed by atoms with E-state index >= 15 is 0 Å². The largest absolute Gasteiger partial charge is 0.343 e. The molecule has 1 aliphatic carbocycles. The molecule has 1 saturated carbocycles. The molecule has 0 aromatic carbocycles. The third-order valence-electron chi connectivity index (χ3n) is 5.98. The van der Waals surface area contributed by atoms with Gasteiger partial charge in [-0.15, -0.1) is 0 Å². The van der Waals surface area contributed by atoms with E-state index in [0.717, 1.165) is 19.6 Å². The smallest absolute Gasteiger partial charge is 0.228 e. The zero-order valence-electron chi connectivity index (χ0n) is 14.5. The van der Waals surface area contributed by atoms with Crippen LogP contribution in [0.5, 0.6) is 0 Å². The van der Waals surface area contributed by atoms with Crippen LogP contribution in [-0.4, -0.2) is 62.0 Å². The van der Waals surface area contributed by atoms with Crippen molar-refractivity contribution in [1.29, 1.82) is 0 Å². The van der Waals surface area contributed by atoms with Gasteiger partial charge in [-0.2, -0.15) is 0 Å². The summed E-state index contributed by atoms with van der Waals surface area (Å²) in [5.41, 5.74) is -0.0509. The van der Waals surface area contributed by atoms with E-state index in [4.69, 9.17) is 0 Å². The van der Waals surface area contributed by atoms with Gasteiger partial charge in [0.2, 0.25) is 5.91 Å². The lowest BCUT2D eigenvalue weighted by atomic mass is 9.72. The molecule has 1 unspecified atom stereocenters. The molecular weight excluding hydrogens is 262 g/mol. The fourth-order valence-corrected chi connectivity index (χ4v) is 3.98. The third-order valence-corrected chi connectivity index (χ3v) is 5.98. The molecule has 1 heterocycles. The summed E-state index contributed by atoms with van der Waals surface area (Å²) >= 11 is 0. The molecule has 2 rings (SSSR count). The zero-order chi connectivity index (χ0) is 15.7. The Kier molecular flexibility index (Phi) is 4.99. The molecule has 1 amide bonds. The molecule has 1 saturated heterocycles. The lowest BCUT2D eigenvalue weighted by molar-refractivity contribution is -0.145. The SMILES string of the molecule is CN(CC1(N(C)C)CCC1)C(=O)C(C)(C)C1CCCNC1. The van der Waals surface area contributed by atoms with Gasteiger partial charge in [-0.25, -0.2) is 0 Å². The maximum absolute atomic E-state index is 13.0. The fraction of sp³-hybridized carbons (Fsp3) is 0.941. The Hall–Kier alpha value is -0.610. The maximum atomic E-state index is 13.0. The Morgan fingerprint density at radius 3 is 2.33 bits per heavy atom. The van der Waals surface area contributed by atoms with Crippen LogP contribution in [-0.2, 0) is 4.79 Å². The van der Waals surface area contributed by atoms with Crippen molar-refractivity contribution in [3.8, 4) is 0 Å². The molecule has 0 bridgehead atoms. The Balaban J connectivity index is 2.00. The Morgan fingerprint density at radius 1 is 1.24 bits per heavy atom. The highest BCUT2D eigenvalue weighted by molar-refractivity contribution is 5.82. The van der Waals surface area contributed by atoms with Crippen LogP contribution in [0.15, 0.2) is 0 Å². The van der Waals surface area contributed by atoms with E-state index in [2.05, 4.69) is 38.2 Å². The summed E-state index contributed by atoms with van der Waals surface area (Å²) in [6.45, 7) is 7.20. The van der Waals surface area contributed by atoms with Crippen LogP contribution < -0.4 is 5.32 Å². The highest BCUT2D eigenvalue weighted by Gasteiger charge is 2.44. The average Bonchev–Trinajstić information content (AvgIpc) is 2.42. The topological polar surface area (TPSA) is 35.6 Å². The van der Waals surface area contributed by atoms with Gasteiger partial charge in [-0.05, 0) is 65.2 Å². The van der Waals surface area contributed by atoms with E-state index in [-0.39, 0.29) is 11.0 Å². The van der Waals surface area contributed by atoms with Gasteiger partial charge < -0.3 is 15.1 Å².